The Bertz CT molecular complexity index is 951. The molecule has 0 aliphatic carbocycles. The molecule has 2 aromatic heterocycles. The van der Waals surface area contributed by atoms with Crippen LogP contribution in [0.3, 0.4) is 0 Å². The second-order valence-corrected chi connectivity index (χ2v) is 5.92. The lowest BCUT2D eigenvalue weighted by molar-refractivity contribution is 0.0934. The number of carbonyl (C=O) groups excluding carboxylic acids is 1. The van der Waals surface area contributed by atoms with Gasteiger partial charge in [0.1, 0.15) is 30.3 Å². The summed E-state index contributed by atoms with van der Waals surface area (Å²) in [7, 11) is 1.57. The topological polar surface area (TPSA) is 89.3 Å². The molecule has 1 amide bonds. The van der Waals surface area contributed by atoms with Gasteiger partial charge in [-0.3, -0.25) is 4.79 Å². The molecular formula is C19H18N4O3. The van der Waals surface area contributed by atoms with Crippen LogP contribution in [0.4, 0.5) is 5.82 Å². The van der Waals surface area contributed by atoms with Crippen LogP contribution in [0, 0.1) is 0 Å². The molecule has 7 heteroatoms. The average Bonchev–Trinajstić information content (AvgIpc) is 3.06. The lowest BCUT2D eigenvalue weighted by atomic mass is 10.0. The number of nitrogens with one attached hydrogen (secondary N) is 2. The fraction of sp³-hybridized carbons (Fsp3) is 0.211. The zero-order valence-electron chi connectivity index (χ0n) is 14.3. The van der Waals surface area contributed by atoms with Crippen LogP contribution < -0.4 is 15.4 Å². The van der Waals surface area contributed by atoms with Crippen molar-refractivity contribution in [1.82, 2.24) is 15.3 Å². The van der Waals surface area contributed by atoms with Gasteiger partial charge in [-0.2, -0.15) is 0 Å². The van der Waals surface area contributed by atoms with Crippen molar-refractivity contribution >= 4 is 11.7 Å². The number of ether oxygens (including phenoxy) is 1. The summed E-state index contributed by atoms with van der Waals surface area (Å²) in [5.74, 6) is 2.31. The SMILES string of the molecule is CNC(=O)c1ccc(CNc2ncnc3c2Cc2ccccc2OC3)o1. The van der Waals surface area contributed by atoms with E-state index in [2.05, 4.69) is 20.6 Å². The van der Waals surface area contributed by atoms with Crippen molar-refractivity contribution in [3.63, 3.8) is 0 Å². The highest BCUT2D eigenvalue weighted by Crippen LogP contribution is 2.30. The molecule has 0 atom stereocenters. The monoisotopic (exact) mass is 350 g/mol. The van der Waals surface area contributed by atoms with E-state index < -0.39 is 0 Å². The van der Waals surface area contributed by atoms with Gasteiger partial charge in [-0.25, -0.2) is 9.97 Å². The minimum Gasteiger partial charge on any atom is -0.487 e. The van der Waals surface area contributed by atoms with E-state index in [4.69, 9.17) is 9.15 Å². The van der Waals surface area contributed by atoms with Gasteiger partial charge < -0.3 is 19.8 Å². The van der Waals surface area contributed by atoms with Crippen LogP contribution in [-0.4, -0.2) is 22.9 Å². The molecule has 26 heavy (non-hydrogen) atoms. The van der Waals surface area contributed by atoms with E-state index in [1.165, 1.54) is 6.33 Å². The summed E-state index contributed by atoms with van der Waals surface area (Å²) >= 11 is 0. The van der Waals surface area contributed by atoms with Gasteiger partial charge in [-0.05, 0) is 23.8 Å². The number of fused-ring (bicyclic) bond motifs is 2. The summed E-state index contributed by atoms with van der Waals surface area (Å²) in [6, 6.07) is 11.4. The number of aromatic nitrogens is 2. The van der Waals surface area contributed by atoms with E-state index >= 15 is 0 Å². The van der Waals surface area contributed by atoms with Crippen LogP contribution in [0.1, 0.15) is 33.1 Å². The molecule has 7 nitrogen and oxygen atoms in total. The molecule has 132 valence electrons. The number of furan rings is 1. The van der Waals surface area contributed by atoms with Crippen LogP contribution in [0.5, 0.6) is 5.75 Å². The Balaban J connectivity index is 1.56. The molecule has 1 aliphatic heterocycles. The van der Waals surface area contributed by atoms with E-state index in [0.717, 1.165) is 28.4 Å². The predicted molar refractivity (Wildman–Crippen MR) is 95.0 cm³/mol. The molecule has 0 fully saturated rings. The third-order valence-corrected chi connectivity index (χ3v) is 4.28. The van der Waals surface area contributed by atoms with Gasteiger partial charge in [0.15, 0.2) is 5.76 Å². The zero-order valence-corrected chi connectivity index (χ0v) is 14.3. The maximum atomic E-state index is 11.6. The second-order valence-electron chi connectivity index (χ2n) is 5.92. The Labute approximate surface area is 150 Å². The third kappa shape index (κ3) is 3.11. The second kappa shape index (κ2) is 6.87. The van der Waals surface area contributed by atoms with Crippen LogP contribution in [0.2, 0.25) is 0 Å². The van der Waals surface area contributed by atoms with Gasteiger partial charge >= 0.3 is 0 Å². The van der Waals surface area contributed by atoms with E-state index in [0.29, 0.717) is 25.3 Å². The molecule has 3 aromatic rings. The summed E-state index contributed by atoms with van der Waals surface area (Å²) in [5.41, 5.74) is 2.98. The molecule has 0 bridgehead atoms. The van der Waals surface area contributed by atoms with Gasteiger partial charge in [-0.15, -0.1) is 0 Å². The number of amides is 1. The van der Waals surface area contributed by atoms with E-state index in [1.54, 1.807) is 19.2 Å². The van der Waals surface area contributed by atoms with E-state index in [-0.39, 0.29) is 11.7 Å². The third-order valence-electron chi connectivity index (χ3n) is 4.28. The maximum Gasteiger partial charge on any atom is 0.286 e. The number of para-hydroxylation sites is 1. The molecule has 0 spiro atoms. The number of rotatable bonds is 4. The quantitative estimate of drug-likeness (QED) is 0.752. The van der Waals surface area contributed by atoms with Crippen molar-refractivity contribution in [2.75, 3.05) is 12.4 Å². The standard InChI is InChI=1S/C19H18N4O3/c1-20-19(24)17-7-6-13(26-17)9-21-18-14-8-12-4-2-3-5-16(12)25-10-15(14)22-11-23-18/h2-7,11H,8-10H2,1H3,(H,20,24)(H,21,22,23). The first-order valence-electron chi connectivity index (χ1n) is 8.32. The predicted octanol–water partition coefficient (Wildman–Crippen LogP) is 2.52. The molecule has 0 saturated heterocycles. The van der Waals surface area contributed by atoms with Gasteiger partial charge in [0.05, 0.1) is 12.2 Å². The van der Waals surface area contributed by atoms with Crippen LogP contribution >= 0.6 is 0 Å². The summed E-state index contributed by atoms with van der Waals surface area (Å²) in [6.45, 7) is 0.827. The highest BCUT2D eigenvalue weighted by Gasteiger charge is 2.19. The number of anilines is 1. The highest BCUT2D eigenvalue weighted by molar-refractivity contribution is 5.91. The summed E-state index contributed by atoms with van der Waals surface area (Å²) in [5, 5.41) is 5.82. The van der Waals surface area contributed by atoms with Crippen LogP contribution in [0.15, 0.2) is 47.1 Å². The smallest absolute Gasteiger partial charge is 0.286 e. The number of carbonyl (C=O) groups is 1. The fourth-order valence-corrected chi connectivity index (χ4v) is 2.93. The Morgan fingerprint density at radius 3 is 2.96 bits per heavy atom. The lowest BCUT2D eigenvalue weighted by Crippen LogP contribution is -2.16. The number of hydrogen-bond acceptors (Lipinski definition) is 6. The molecule has 0 radical (unpaired) electrons. The summed E-state index contributed by atoms with van der Waals surface area (Å²) in [4.78, 5) is 20.3. The summed E-state index contributed by atoms with van der Waals surface area (Å²) < 4.78 is 11.4. The van der Waals surface area contributed by atoms with E-state index in [9.17, 15) is 4.79 Å². The fourth-order valence-electron chi connectivity index (χ4n) is 2.93. The van der Waals surface area contributed by atoms with Crippen molar-refractivity contribution in [2.24, 2.45) is 0 Å². The van der Waals surface area contributed by atoms with Crippen molar-refractivity contribution in [1.29, 1.82) is 0 Å². The minimum atomic E-state index is -0.249. The number of nitrogens with zero attached hydrogens (tertiary/aromatic N) is 2. The van der Waals surface area contributed by atoms with Crippen molar-refractivity contribution in [3.05, 3.63) is 71.1 Å². The molecular weight excluding hydrogens is 332 g/mol. The highest BCUT2D eigenvalue weighted by atomic mass is 16.5. The molecule has 0 saturated carbocycles. The molecule has 1 aliphatic rings. The first kappa shape index (κ1) is 16.1. The van der Waals surface area contributed by atoms with Gasteiger partial charge in [0, 0.05) is 19.0 Å². The molecule has 4 rings (SSSR count). The van der Waals surface area contributed by atoms with Gasteiger partial charge in [-0.1, -0.05) is 18.2 Å². The van der Waals surface area contributed by atoms with Crippen LogP contribution in [0.25, 0.3) is 0 Å². The molecule has 0 unspecified atom stereocenters. The Morgan fingerprint density at radius 2 is 2.08 bits per heavy atom. The van der Waals surface area contributed by atoms with Crippen molar-refractivity contribution in [3.8, 4) is 5.75 Å². The number of hydrogen-bond donors (Lipinski definition) is 2. The average molecular weight is 350 g/mol. The lowest BCUT2D eigenvalue weighted by Gasteiger charge is -2.11. The summed E-state index contributed by atoms with van der Waals surface area (Å²) in [6.07, 6.45) is 2.22. The maximum absolute atomic E-state index is 11.6. The van der Waals surface area contributed by atoms with Crippen molar-refractivity contribution in [2.45, 2.75) is 19.6 Å². The zero-order chi connectivity index (χ0) is 17.9. The first-order chi connectivity index (χ1) is 12.7. The molecule has 3 heterocycles. The van der Waals surface area contributed by atoms with Gasteiger partial charge in [0.2, 0.25) is 0 Å². The Morgan fingerprint density at radius 1 is 1.19 bits per heavy atom. The molecule has 2 N–H and O–H groups in total. The van der Waals surface area contributed by atoms with Crippen LogP contribution in [-0.2, 0) is 19.6 Å². The molecule has 1 aromatic carbocycles. The Hall–Kier alpha value is -3.35. The van der Waals surface area contributed by atoms with E-state index in [1.807, 2.05) is 24.3 Å². The van der Waals surface area contributed by atoms with Crippen molar-refractivity contribution < 1.29 is 13.9 Å². The first-order valence-corrected chi connectivity index (χ1v) is 8.32. The largest absolute Gasteiger partial charge is 0.487 e. The van der Waals surface area contributed by atoms with Gasteiger partial charge in [0.25, 0.3) is 5.91 Å². The normalized spacial score (nSPS) is 12.3. The minimum absolute atomic E-state index is 0.249. The Kier molecular flexibility index (Phi) is 4.27. The number of benzene rings is 1.